The average Bonchev–Trinajstić information content (AvgIpc) is 2.65. The van der Waals surface area contributed by atoms with Crippen molar-refractivity contribution in [2.75, 3.05) is 11.5 Å². The van der Waals surface area contributed by atoms with E-state index in [1.807, 2.05) is 0 Å². The smallest absolute Gasteiger partial charge is 0.297 e. The molecule has 0 heterocycles. The molecule has 8 N–H and O–H groups in total. The number of phenols is 1. The zero-order valence-corrected chi connectivity index (χ0v) is 18.4. The predicted molar refractivity (Wildman–Crippen MR) is 114 cm³/mol. The highest BCUT2D eigenvalue weighted by molar-refractivity contribution is 7.86. The number of nitrogens with two attached hydrogens (primary N) is 2. The first-order valence-electron chi connectivity index (χ1n) is 8.33. The first-order chi connectivity index (χ1) is 15.0. The van der Waals surface area contributed by atoms with Crippen LogP contribution in [0.25, 0.3) is 10.8 Å². The molecule has 3 aromatic rings. The molecule has 0 amide bonds. The van der Waals surface area contributed by atoms with Gasteiger partial charge in [-0.2, -0.15) is 25.3 Å². The number of nitrogens with zero attached hydrogens (tertiary/aromatic N) is 2. The van der Waals surface area contributed by atoms with Gasteiger partial charge in [0.15, 0.2) is 5.75 Å². The second-order valence-electron chi connectivity index (χ2n) is 6.50. The fourth-order valence-electron chi connectivity index (χ4n) is 2.91. The van der Waals surface area contributed by atoms with Gasteiger partial charge >= 0.3 is 0 Å². The quantitative estimate of drug-likeness (QED) is 0.161. The van der Waals surface area contributed by atoms with E-state index in [-0.39, 0.29) is 11.1 Å². The van der Waals surface area contributed by atoms with Gasteiger partial charge in [-0.15, -0.1) is 10.2 Å². The van der Waals surface area contributed by atoms with E-state index in [1.54, 1.807) is 0 Å². The minimum atomic E-state index is -5.19. The number of hydrogen-bond acceptors (Lipinski definition) is 11. The molecule has 17 heteroatoms. The lowest BCUT2D eigenvalue weighted by Gasteiger charge is -2.12. The molecule has 0 atom stereocenters. The zero-order valence-electron chi connectivity index (χ0n) is 16.0. The standard InChI is InChI=1S/C16H14N4O10S3/c17-7-1-4-11(12(5-7)31(22,23)24)19-20-14-13(32(25,26)27)6-9-8(15(14)21)2-3-10(18)16(9)33(28,29)30/h1-6,21H,17-18H2,(H,22,23,24)(H,25,26,27)(H,28,29,30). The average molecular weight is 519 g/mol. The predicted octanol–water partition coefficient (Wildman–Crippen LogP) is 1.87. The molecule has 0 aliphatic carbocycles. The van der Waals surface area contributed by atoms with E-state index < -0.39 is 73.2 Å². The van der Waals surface area contributed by atoms with Gasteiger partial charge in [-0.05, 0) is 36.4 Å². The Labute approximate surface area is 186 Å². The summed E-state index contributed by atoms with van der Waals surface area (Å²) in [5.41, 5.74) is 9.07. The zero-order chi connectivity index (χ0) is 24.9. The van der Waals surface area contributed by atoms with Crippen LogP contribution in [-0.4, -0.2) is 44.0 Å². The molecule has 0 aliphatic heterocycles. The van der Waals surface area contributed by atoms with Gasteiger partial charge in [0.05, 0.1) is 5.69 Å². The van der Waals surface area contributed by atoms with Gasteiger partial charge < -0.3 is 16.6 Å². The third-order valence-corrected chi connectivity index (χ3v) is 6.99. The number of rotatable bonds is 5. The number of phenolic OH excluding ortho intramolecular Hbond substituents is 1. The third kappa shape index (κ3) is 4.72. The van der Waals surface area contributed by atoms with Crippen LogP contribution in [0.4, 0.5) is 22.7 Å². The fraction of sp³-hybridized carbons (Fsp3) is 0. The molecular weight excluding hydrogens is 504 g/mol. The van der Waals surface area contributed by atoms with Crippen LogP contribution in [0.2, 0.25) is 0 Å². The normalized spacial score (nSPS) is 13.1. The molecule has 0 aromatic heterocycles. The van der Waals surface area contributed by atoms with Gasteiger partial charge in [0.2, 0.25) is 0 Å². The van der Waals surface area contributed by atoms with Gasteiger partial charge in [-0.3, -0.25) is 13.7 Å². The number of aromatic hydroxyl groups is 1. The van der Waals surface area contributed by atoms with Crippen LogP contribution in [0, 0.1) is 0 Å². The summed E-state index contributed by atoms with van der Waals surface area (Å²) in [6, 6.07) is 5.70. The van der Waals surface area contributed by atoms with E-state index in [0.29, 0.717) is 6.07 Å². The Balaban J connectivity index is 2.41. The molecule has 0 spiro atoms. The molecule has 3 aromatic carbocycles. The Bertz CT molecular complexity index is 1660. The molecule has 0 saturated heterocycles. The highest BCUT2D eigenvalue weighted by Gasteiger charge is 2.27. The number of nitrogen functional groups attached to an aromatic ring is 2. The molecule has 0 saturated carbocycles. The van der Waals surface area contributed by atoms with E-state index in [1.165, 1.54) is 6.07 Å². The summed E-state index contributed by atoms with van der Waals surface area (Å²) in [6.45, 7) is 0. The van der Waals surface area contributed by atoms with Crippen molar-refractivity contribution in [3.8, 4) is 5.75 Å². The summed E-state index contributed by atoms with van der Waals surface area (Å²) in [5, 5.41) is 16.7. The Morgan fingerprint density at radius 1 is 0.697 bits per heavy atom. The maximum Gasteiger partial charge on any atom is 0.297 e. The van der Waals surface area contributed by atoms with E-state index in [4.69, 9.17) is 11.5 Å². The summed E-state index contributed by atoms with van der Waals surface area (Å²) in [6.07, 6.45) is 0. The highest BCUT2D eigenvalue weighted by Crippen LogP contribution is 2.44. The summed E-state index contributed by atoms with van der Waals surface area (Å²) in [5.74, 6) is -1.00. The molecular formula is C16H14N4O10S3. The molecule has 0 unspecified atom stereocenters. The monoisotopic (exact) mass is 518 g/mol. The van der Waals surface area contributed by atoms with Gasteiger partial charge in [0.1, 0.15) is 26.1 Å². The molecule has 3 rings (SSSR count). The Morgan fingerprint density at radius 2 is 1.30 bits per heavy atom. The van der Waals surface area contributed by atoms with Gasteiger partial charge in [-0.1, -0.05) is 0 Å². The minimum Gasteiger partial charge on any atom is -0.505 e. The van der Waals surface area contributed by atoms with Crippen molar-refractivity contribution in [1.29, 1.82) is 0 Å². The summed E-state index contributed by atoms with van der Waals surface area (Å²) >= 11 is 0. The lowest BCUT2D eigenvalue weighted by molar-refractivity contribution is 0.471. The van der Waals surface area contributed by atoms with Crippen molar-refractivity contribution < 1.29 is 44.0 Å². The first-order valence-corrected chi connectivity index (χ1v) is 12.7. The van der Waals surface area contributed by atoms with Crippen molar-refractivity contribution in [3.05, 3.63) is 36.4 Å². The second kappa shape index (κ2) is 7.90. The molecule has 0 fully saturated rings. The maximum absolute atomic E-state index is 11.9. The molecule has 0 bridgehead atoms. The number of hydrogen-bond donors (Lipinski definition) is 6. The first kappa shape index (κ1) is 24.3. The van der Waals surface area contributed by atoms with Gasteiger partial charge in [0, 0.05) is 16.5 Å². The summed E-state index contributed by atoms with van der Waals surface area (Å²) in [4.78, 5) is -2.87. The van der Waals surface area contributed by atoms with Crippen molar-refractivity contribution in [1.82, 2.24) is 0 Å². The number of azo groups is 1. The van der Waals surface area contributed by atoms with Crippen LogP contribution in [0.3, 0.4) is 0 Å². The van der Waals surface area contributed by atoms with Crippen molar-refractivity contribution >= 4 is 63.9 Å². The number of anilines is 2. The van der Waals surface area contributed by atoms with E-state index in [2.05, 4.69) is 10.2 Å². The van der Waals surface area contributed by atoms with Gasteiger partial charge in [0.25, 0.3) is 30.4 Å². The van der Waals surface area contributed by atoms with E-state index in [0.717, 1.165) is 24.3 Å². The summed E-state index contributed by atoms with van der Waals surface area (Å²) < 4.78 is 98.9. The second-order valence-corrected chi connectivity index (χ2v) is 10.6. The molecule has 14 nitrogen and oxygen atoms in total. The molecule has 176 valence electrons. The molecule has 0 radical (unpaired) electrons. The highest BCUT2D eigenvalue weighted by atomic mass is 32.2. The maximum atomic E-state index is 11.9. The van der Waals surface area contributed by atoms with Crippen molar-refractivity contribution in [2.45, 2.75) is 14.7 Å². The number of benzene rings is 3. The fourth-order valence-corrected chi connectivity index (χ4v) is 5.03. The Morgan fingerprint density at radius 3 is 1.85 bits per heavy atom. The van der Waals surface area contributed by atoms with Crippen LogP contribution in [-0.2, 0) is 30.4 Å². The van der Waals surface area contributed by atoms with Crippen LogP contribution < -0.4 is 11.5 Å². The summed E-state index contributed by atoms with van der Waals surface area (Å²) in [7, 11) is -15.0. The van der Waals surface area contributed by atoms with Crippen molar-refractivity contribution in [3.63, 3.8) is 0 Å². The van der Waals surface area contributed by atoms with Crippen LogP contribution in [0.1, 0.15) is 0 Å². The lowest BCUT2D eigenvalue weighted by atomic mass is 10.1. The number of fused-ring (bicyclic) bond motifs is 1. The largest absolute Gasteiger partial charge is 0.505 e. The van der Waals surface area contributed by atoms with E-state index >= 15 is 0 Å². The van der Waals surface area contributed by atoms with Crippen molar-refractivity contribution in [2.24, 2.45) is 10.2 Å². The molecule has 0 aliphatic rings. The lowest BCUT2D eigenvalue weighted by Crippen LogP contribution is -2.06. The third-order valence-electron chi connectivity index (χ3n) is 4.27. The Kier molecular flexibility index (Phi) is 5.82. The Hall–Kier alpha value is -3.35. The SMILES string of the molecule is Nc1ccc(N=Nc2c(S(=O)(=O)O)cc3c(S(=O)(=O)O)c(N)ccc3c2O)c(S(=O)(=O)O)c1. The van der Waals surface area contributed by atoms with Crippen LogP contribution in [0.5, 0.6) is 5.75 Å². The molecule has 33 heavy (non-hydrogen) atoms. The topological polar surface area (TPSA) is 260 Å². The van der Waals surface area contributed by atoms with E-state index in [9.17, 15) is 44.0 Å². The minimum absolute atomic E-state index is 0.0657. The van der Waals surface area contributed by atoms with Crippen LogP contribution >= 0.6 is 0 Å². The van der Waals surface area contributed by atoms with Gasteiger partial charge in [-0.25, -0.2) is 0 Å². The van der Waals surface area contributed by atoms with Crippen LogP contribution in [0.15, 0.2) is 61.3 Å².